The van der Waals surface area contributed by atoms with Crippen LogP contribution >= 0.6 is 0 Å². The first kappa shape index (κ1) is 12.9. The van der Waals surface area contributed by atoms with Crippen LogP contribution < -0.4 is 15.4 Å². The summed E-state index contributed by atoms with van der Waals surface area (Å²) in [7, 11) is 1.90. The number of nitrogens with one attached hydrogen (secondary N) is 2. The van der Waals surface area contributed by atoms with E-state index in [2.05, 4.69) is 10.6 Å². The number of anilines is 1. The van der Waals surface area contributed by atoms with Crippen molar-refractivity contribution in [3.8, 4) is 5.75 Å². The van der Waals surface area contributed by atoms with E-state index in [0.717, 1.165) is 17.0 Å². The van der Waals surface area contributed by atoms with Crippen LogP contribution in [-0.2, 0) is 16.1 Å². The molecule has 20 heavy (non-hydrogen) atoms. The first-order chi connectivity index (χ1) is 9.63. The molecule has 2 N–H and O–H groups in total. The summed E-state index contributed by atoms with van der Waals surface area (Å²) in [5.41, 5.74) is 2.08. The molecule has 2 aliphatic heterocycles. The number of carbonyl (C=O) groups excluding carboxylic acids is 2. The molecule has 1 saturated heterocycles. The Morgan fingerprint density at radius 1 is 1.40 bits per heavy atom. The van der Waals surface area contributed by atoms with E-state index in [-0.39, 0.29) is 17.9 Å². The molecule has 0 saturated carbocycles. The maximum Gasteiger partial charge on any atom is 0.243 e. The minimum Gasteiger partial charge on any atom is -0.471 e. The van der Waals surface area contributed by atoms with E-state index in [9.17, 15) is 9.59 Å². The molecular weight excluding hydrogens is 258 g/mol. The number of rotatable bonds is 3. The van der Waals surface area contributed by atoms with Gasteiger partial charge in [0.2, 0.25) is 11.8 Å². The summed E-state index contributed by atoms with van der Waals surface area (Å²) in [5, 5.41) is 5.50. The minimum absolute atomic E-state index is 0.184. The predicted octanol–water partition coefficient (Wildman–Crippen LogP) is 0.685. The molecule has 1 atom stereocenters. The lowest BCUT2D eigenvalue weighted by atomic mass is 10.0. The van der Waals surface area contributed by atoms with Gasteiger partial charge in [0.1, 0.15) is 5.75 Å². The number of likely N-dealkylation sites (N-methyl/N-ethyl adjacent to an activating group) is 1. The molecule has 6 heteroatoms. The maximum atomic E-state index is 11.8. The number of amides is 2. The lowest BCUT2D eigenvalue weighted by Gasteiger charge is -2.29. The van der Waals surface area contributed by atoms with Gasteiger partial charge in [0, 0.05) is 13.0 Å². The number of piperidine rings is 1. The number of carbonyl (C=O) groups is 2. The SMILES string of the molecule is CN(Cc1ccc2c(c1)OCN2)C1CCC(=O)NC1=O. The average Bonchev–Trinajstić information content (AvgIpc) is 2.85. The van der Waals surface area contributed by atoms with Gasteiger partial charge in [-0.2, -0.15) is 0 Å². The van der Waals surface area contributed by atoms with E-state index >= 15 is 0 Å². The smallest absolute Gasteiger partial charge is 0.243 e. The Kier molecular flexibility index (Phi) is 3.31. The molecule has 0 bridgehead atoms. The lowest BCUT2D eigenvalue weighted by molar-refractivity contribution is -0.137. The third-order valence-electron chi connectivity index (χ3n) is 3.71. The van der Waals surface area contributed by atoms with Gasteiger partial charge in [-0.3, -0.25) is 19.8 Å². The van der Waals surface area contributed by atoms with Gasteiger partial charge in [-0.1, -0.05) is 6.07 Å². The summed E-state index contributed by atoms with van der Waals surface area (Å²) in [5.74, 6) is 0.457. The largest absolute Gasteiger partial charge is 0.471 e. The van der Waals surface area contributed by atoms with Gasteiger partial charge in [-0.15, -0.1) is 0 Å². The Balaban J connectivity index is 1.68. The molecule has 2 aliphatic rings. The van der Waals surface area contributed by atoms with Gasteiger partial charge in [-0.05, 0) is 31.2 Å². The maximum absolute atomic E-state index is 11.8. The number of benzene rings is 1. The van der Waals surface area contributed by atoms with E-state index < -0.39 is 0 Å². The molecule has 0 spiro atoms. The van der Waals surface area contributed by atoms with Crippen LogP contribution in [0, 0.1) is 0 Å². The molecule has 2 heterocycles. The standard InChI is InChI=1S/C14H17N3O3/c1-17(11-4-5-13(18)16-14(11)19)7-9-2-3-10-12(6-9)20-8-15-10/h2-3,6,11,15H,4-5,7-8H2,1H3,(H,16,18,19). The third-order valence-corrected chi connectivity index (χ3v) is 3.71. The Labute approximate surface area is 117 Å². The molecule has 1 unspecified atom stereocenters. The lowest BCUT2D eigenvalue weighted by Crippen LogP contribution is -2.50. The quantitative estimate of drug-likeness (QED) is 0.794. The van der Waals surface area contributed by atoms with Crippen molar-refractivity contribution in [3.63, 3.8) is 0 Å². The number of imide groups is 1. The van der Waals surface area contributed by atoms with Crippen LogP contribution in [0.4, 0.5) is 5.69 Å². The fourth-order valence-corrected chi connectivity index (χ4v) is 2.62. The molecule has 1 fully saturated rings. The van der Waals surface area contributed by atoms with E-state index in [4.69, 9.17) is 4.74 Å². The summed E-state index contributed by atoms with van der Waals surface area (Å²) >= 11 is 0. The molecule has 106 valence electrons. The van der Waals surface area contributed by atoms with Crippen molar-refractivity contribution in [2.45, 2.75) is 25.4 Å². The highest BCUT2D eigenvalue weighted by molar-refractivity contribution is 6.00. The van der Waals surface area contributed by atoms with Crippen LogP contribution in [0.1, 0.15) is 18.4 Å². The van der Waals surface area contributed by atoms with Crippen LogP contribution in [0.25, 0.3) is 0 Å². The molecule has 1 aromatic rings. The minimum atomic E-state index is -0.250. The Hall–Kier alpha value is -2.08. The summed E-state index contributed by atoms with van der Waals surface area (Å²) < 4.78 is 5.45. The summed E-state index contributed by atoms with van der Waals surface area (Å²) in [6.45, 7) is 1.14. The van der Waals surface area contributed by atoms with Gasteiger partial charge in [0.15, 0.2) is 6.73 Å². The zero-order valence-corrected chi connectivity index (χ0v) is 11.3. The number of hydrogen-bond donors (Lipinski definition) is 2. The highest BCUT2D eigenvalue weighted by atomic mass is 16.5. The monoisotopic (exact) mass is 275 g/mol. The molecule has 3 rings (SSSR count). The average molecular weight is 275 g/mol. The molecule has 1 aromatic carbocycles. The van der Waals surface area contributed by atoms with Crippen molar-refractivity contribution in [3.05, 3.63) is 23.8 Å². The summed E-state index contributed by atoms with van der Waals surface area (Å²) in [4.78, 5) is 24.9. The first-order valence-corrected chi connectivity index (χ1v) is 6.67. The van der Waals surface area contributed by atoms with Crippen molar-refractivity contribution in [1.82, 2.24) is 10.2 Å². The van der Waals surface area contributed by atoms with Crippen LogP contribution in [-0.4, -0.2) is 36.5 Å². The second-order valence-electron chi connectivity index (χ2n) is 5.18. The van der Waals surface area contributed by atoms with E-state index in [0.29, 0.717) is 26.1 Å². The van der Waals surface area contributed by atoms with Crippen molar-refractivity contribution < 1.29 is 14.3 Å². The molecule has 0 radical (unpaired) electrons. The normalized spacial score (nSPS) is 21.2. The Bertz CT molecular complexity index is 559. The van der Waals surface area contributed by atoms with Crippen LogP contribution in [0.2, 0.25) is 0 Å². The van der Waals surface area contributed by atoms with Gasteiger partial charge in [0.05, 0.1) is 11.7 Å². The number of ether oxygens (including phenoxy) is 1. The third kappa shape index (κ3) is 2.46. The van der Waals surface area contributed by atoms with Crippen molar-refractivity contribution in [2.24, 2.45) is 0 Å². The number of fused-ring (bicyclic) bond motifs is 1. The zero-order valence-electron chi connectivity index (χ0n) is 11.3. The fourth-order valence-electron chi connectivity index (χ4n) is 2.62. The first-order valence-electron chi connectivity index (χ1n) is 6.67. The topological polar surface area (TPSA) is 70.7 Å². The molecule has 6 nitrogen and oxygen atoms in total. The van der Waals surface area contributed by atoms with Crippen molar-refractivity contribution >= 4 is 17.5 Å². The fraction of sp³-hybridized carbons (Fsp3) is 0.429. The van der Waals surface area contributed by atoms with Gasteiger partial charge in [-0.25, -0.2) is 0 Å². The van der Waals surface area contributed by atoms with E-state index in [1.165, 1.54) is 0 Å². The van der Waals surface area contributed by atoms with Crippen LogP contribution in [0.3, 0.4) is 0 Å². The van der Waals surface area contributed by atoms with Crippen LogP contribution in [0.15, 0.2) is 18.2 Å². The van der Waals surface area contributed by atoms with Crippen LogP contribution in [0.5, 0.6) is 5.75 Å². The zero-order chi connectivity index (χ0) is 14.1. The summed E-state index contributed by atoms with van der Waals surface area (Å²) in [6.07, 6.45) is 0.974. The highest BCUT2D eigenvalue weighted by Gasteiger charge is 2.29. The molecular formula is C14H17N3O3. The van der Waals surface area contributed by atoms with Gasteiger partial charge < -0.3 is 10.1 Å². The molecule has 0 aromatic heterocycles. The van der Waals surface area contributed by atoms with Gasteiger partial charge >= 0.3 is 0 Å². The van der Waals surface area contributed by atoms with Gasteiger partial charge in [0.25, 0.3) is 0 Å². The second kappa shape index (κ2) is 5.13. The van der Waals surface area contributed by atoms with Crippen molar-refractivity contribution in [2.75, 3.05) is 19.1 Å². The van der Waals surface area contributed by atoms with E-state index in [1.807, 2.05) is 30.1 Å². The number of hydrogen-bond acceptors (Lipinski definition) is 5. The number of nitrogens with zero attached hydrogens (tertiary/aromatic N) is 1. The molecule has 2 amide bonds. The summed E-state index contributed by atoms with van der Waals surface area (Å²) in [6, 6.07) is 5.73. The highest BCUT2D eigenvalue weighted by Crippen LogP contribution is 2.30. The molecule has 0 aliphatic carbocycles. The predicted molar refractivity (Wildman–Crippen MR) is 73.2 cm³/mol. The second-order valence-corrected chi connectivity index (χ2v) is 5.18. The van der Waals surface area contributed by atoms with Crippen molar-refractivity contribution in [1.29, 1.82) is 0 Å². The van der Waals surface area contributed by atoms with E-state index in [1.54, 1.807) is 0 Å². The Morgan fingerprint density at radius 3 is 3.05 bits per heavy atom. The Morgan fingerprint density at radius 2 is 2.25 bits per heavy atom.